The van der Waals surface area contributed by atoms with Gasteiger partial charge in [0.2, 0.25) is 0 Å². The fraction of sp³-hybridized carbons (Fsp3) is 1.00. The van der Waals surface area contributed by atoms with Gasteiger partial charge in [0.1, 0.15) is 0 Å². The van der Waals surface area contributed by atoms with Crippen LogP contribution in [0.4, 0.5) is 0 Å². The number of hydrogen-bond acceptors (Lipinski definition) is 2. The predicted molar refractivity (Wildman–Crippen MR) is 57.9 cm³/mol. The zero-order valence-corrected chi connectivity index (χ0v) is 9.27. The van der Waals surface area contributed by atoms with E-state index in [0.717, 1.165) is 12.5 Å². The fourth-order valence-corrected chi connectivity index (χ4v) is 2.17. The van der Waals surface area contributed by atoms with Gasteiger partial charge < -0.3 is 10.6 Å². The topological polar surface area (TPSA) is 24.1 Å². The average molecular weight is 184 g/mol. The number of rotatable bonds is 4. The van der Waals surface area contributed by atoms with E-state index in [1.165, 1.54) is 25.8 Å². The zero-order valence-electron chi connectivity index (χ0n) is 9.27. The Hall–Kier alpha value is -0.0800. The van der Waals surface area contributed by atoms with Gasteiger partial charge in [0.15, 0.2) is 0 Å². The Kier molecular flexibility index (Phi) is 4.74. The molecule has 1 heterocycles. The molecule has 2 nitrogen and oxygen atoms in total. The van der Waals surface area contributed by atoms with E-state index < -0.39 is 0 Å². The van der Waals surface area contributed by atoms with Crippen LogP contribution in [0.1, 0.15) is 40.0 Å². The number of piperidine rings is 1. The Morgan fingerprint density at radius 3 is 2.69 bits per heavy atom. The van der Waals surface area contributed by atoms with Crippen LogP contribution < -0.4 is 10.6 Å². The van der Waals surface area contributed by atoms with E-state index >= 15 is 0 Å². The van der Waals surface area contributed by atoms with Crippen LogP contribution in [-0.2, 0) is 0 Å². The summed E-state index contributed by atoms with van der Waals surface area (Å²) >= 11 is 0. The Morgan fingerprint density at radius 2 is 2.15 bits per heavy atom. The van der Waals surface area contributed by atoms with Gasteiger partial charge in [-0.3, -0.25) is 0 Å². The molecule has 0 aliphatic carbocycles. The maximum Gasteiger partial charge on any atom is 0.0195 e. The van der Waals surface area contributed by atoms with Crippen molar-refractivity contribution in [2.45, 2.75) is 52.1 Å². The minimum absolute atomic E-state index is 0.671. The molecule has 78 valence electrons. The van der Waals surface area contributed by atoms with Crippen molar-refractivity contribution in [3.8, 4) is 0 Å². The molecule has 1 rings (SSSR count). The van der Waals surface area contributed by atoms with E-state index in [9.17, 15) is 0 Å². The number of hydrogen-bond donors (Lipinski definition) is 2. The van der Waals surface area contributed by atoms with Crippen LogP contribution in [0, 0.1) is 5.92 Å². The Bertz CT molecular complexity index is 128. The molecule has 0 aromatic rings. The van der Waals surface area contributed by atoms with Gasteiger partial charge in [-0.2, -0.15) is 0 Å². The highest BCUT2D eigenvalue weighted by atomic mass is 15.0. The van der Waals surface area contributed by atoms with Crippen molar-refractivity contribution in [3.05, 3.63) is 0 Å². The lowest BCUT2D eigenvalue weighted by atomic mass is 10.0. The van der Waals surface area contributed by atoms with Gasteiger partial charge in [-0.05, 0) is 38.6 Å². The van der Waals surface area contributed by atoms with E-state index in [0.29, 0.717) is 12.1 Å². The SMILES string of the molecule is CC(C)CC(C)NC1CCCNC1. The van der Waals surface area contributed by atoms with E-state index in [2.05, 4.69) is 31.4 Å². The molecular weight excluding hydrogens is 160 g/mol. The molecule has 0 bridgehead atoms. The van der Waals surface area contributed by atoms with Gasteiger partial charge in [-0.15, -0.1) is 0 Å². The normalized spacial score (nSPS) is 26.3. The van der Waals surface area contributed by atoms with Gasteiger partial charge >= 0.3 is 0 Å². The molecule has 0 amide bonds. The number of nitrogens with one attached hydrogen (secondary N) is 2. The predicted octanol–water partition coefficient (Wildman–Crippen LogP) is 1.76. The molecule has 0 radical (unpaired) electrons. The summed E-state index contributed by atoms with van der Waals surface area (Å²) in [6.45, 7) is 9.24. The van der Waals surface area contributed by atoms with Crippen molar-refractivity contribution in [2.75, 3.05) is 13.1 Å². The molecule has 0 saturated carbocycles. The average Bonchev–Trinajstić information content (AvgIpc) is 2.04. The van der Waals surface area contributed by atoms with Crippen molar-refractivity contribution in [1.29, 1.82) is 0 Å². The Labute approximate surface area is 82.5 Å². The first-order chi connectivity index (χ1) is 6.18. The van der Waals surface area contributed by atoms with Crippen LogP contribution in [0.15, 0.2) is 0 Å². The van der Waals surface area contributed by atoms with Crippen LogP contribution in [0.2, 0.25) is 0 Å². The summed E-state index contributed by atoms with van der Waals surface area (Å²) in [5, 5.41) is 7.12. The van der Waals surface area contributed by atoms with Crippen LogP contribution >= 0.6 is 0 Å². The standard InChI is InChI=1S/C11H24N2/c1-9(2)7-10(3)13-11-5-4-6-12-8-11/h9-13H,4-8H2,1-3H3. The second-order valence-electron chi connectivity index (χ2n) is 4.74. The molecule has 1 aliphatic rings. The van der Waals surface area contributed by atoms with Gasteiger partial charge in [-0.25, -0.2) is 0 Å². The Balaban J connectivity index is 2.14. The second kappa shape index (κ2) is 5.61. The van der Waals surface area contributed by atoms with Gasteiger partial charge in [-0.1, -0.05) is 13.8 Å². The summed E-state index contributed by atoms with van der Waals surface area (Å²) in [4.78, 5) is 0. The van der Waals surface area contributed by atoms with Gasteiger partial charge in [0.05, 0.1) is 0 Å². The van der Waals surface area contributed by atoms with Crippen LogP contribution in [0.25, 0.3) is 0 Å². The first-order valence-electron chi connectivity index (χ1n) is 5.65. The highest BCUT2D eigenvalue weighted by Gasteiger charge is 2.15. The largest absolute Gasteiger partial charge is 0.315 e. The maximum absolute atomic E-state index is 3.69. The van der Waals surface area contributed by atoms with Crippen LogP contribution in [0.3, 0.4) is 0 Å². The molecule has 2 unspecified atom stereocenters. The molecule has 0 aromatic carbocycles. The van der Waals surface area contributed by atoms with E-state index in [-0.39, 0.29) is 0 Å². The maximum atomic E-state index is 3.69. The molecule has 1 fully saturated rings. The molecule has 2 atom stereocenters. The third-order valence-electron chi connectivity index (χ3n) is 2.64. The molecule has 13 heavy (non-hydrogen) atoms. The molecule has 2 heteroatoms. The van der Waals surface area contributed by atoms with Crippen LogP contribution in [0.5, 0.6) is 0 Å². The minimum Gasteiger partial charge on any atom is -0.315 e. The van der Waals surface area contributed by atoms with Crippen molar-refractivity contribution in [2.24, 2.45) is 5.92 Å². The molecule has 0 aromatic heterocycles. The first-order valence-corrected chi connectivity index (χ1v) is 5.65. The van der Waals surface area contributed by atoms with Crippen molar-refractivity contribution in [1.82, 2.24) is 10.6 Å². The lowest BCUT2D eigenvalue weighted by molar-refractivity contribution is 0.334. The molecular formula is C11H24N2. The fourth-order valence-electron chi connectivity index (χ4n) is 2.17. The summed E-state index contributed by atoms with van der Waals surface area (Å²) in [6.07, 6.45) is 3.96. The molecule has 0 spiro atoms. The quantitative estimate of drug-likeness (QED) is 0.696. The van der Waals surface area contributed by atoms with E-state index in [1.807, 2.05) is 0 Å². The lowest BCUT2D eigenvalue weighted by Crippen LogP contribution is -2.46. The van der Waals surface area contributed by atoms with Crippen molar-refractivity contribution < 1.29 is 0 Å². The third-order valence-corrected chi connectivity index (χ3v) is 2.64. The smallest absolute Gasteiger partial charge is 0.0195 e. The third kappa shape index (κ3) is 4.63. The van der Waals surface area contributed by atoms with Crippen molar-refractivity contribution >= 4 is 0 Å². The lowest BCUT2D eigenvalue weighted by Gasteiger charge is -2.28. The summed E-state index contributed by atoms with van der Waals surface area (Å²) in [5.41, 5.74) is 0. The van der Waals surface area contributed by atoms with E-state index in [4.69, 9.17) is 0 Å². The van der Waals surface area contributed by atoms with Gasteiger partial charge in [0.25, 0.3) is 0 Å². The highest BCUT2D eigenvalue weighted by Crippen LogP contribution is 2.07. The highest BCUT2D eigenvalue weighted by molar-refractivity contribution is 4.78. The minimum atomic E-state index is 0.671. The first kappa shape index (κ1) is 11.0. The monoisotopic (exact) mass is 184 g/mol. The summed E-state index contributed by atoms with van der Waals surface area (Å²) in [5.74, 6) is 0.805. The summed E-state index contributed by atoms with van der Waals surface area (Å²) in [7, 11) is 0. The van der Waals surface area contributed by atoms with E-state index in [1.54, 1.807) is 0 Å². The second-order valence-corrected chi connectivity index (χ2v) is 4.74. The summed E-state index contributed by atoms with van der Waals surface area (Å²) < 4.78 is 0. The van der Waals surface area contributed by atoms with Gasteiger partial charge in [0, 0.05) is 18.6 Å². The Morgan fingerprint density at radius 1 is 1.38 bits per heavy atom. The molecule has 1 aliphatic heterocycles. The zero-order chi connectivity index (χ0) is 9.68. The van der Waals surface area contributed by atoms with Crippen molar-refractivity contribution in [3.63, 3.8) is 0 Å². The molecule has 1 saturated heterocycles. The molecule has 2 N–H and O–H groups in total. The summed E-state index contributed by atoms with van der Waals surface area (Å²) in [6, 6.07) is 1.38. The van der Waals surface area contributed by atoms with Crippen LogP contribution in [-0.4, -0.2) is 25.2 Å².